The van der Waals surface area contributed by atoms with Crippen molar-refractivity contribution in [1.29, 1.82) is 5.39 Å². The van der Waals surface area contributed by atoms with Gasteiger partial charge in [-0.1, -0.05) is 13.3 Å². The molecule has 6 heteroatoms. The van der Waals surface area contributed by atoms with Crippen molar-refractivity contribution in [3.05, 3.63) is 29.2 Å². The highest BCUT2D eigenvalue weighted by molar-refractivity contribution is 7.89. The molecule has 0 fully saturated rings. The zero-order valence-electron chi connectivity index (χ0n) is 9.05. The molecule has 86 valence electrons. The van der Waals surface area contributed by atoms with Gasteiger partial charge in [-0.3, -0.25) is 0 Å². The van der Waals surface area contributed by atoms with Crippen molar-refractivity contribution < 1.29 is 8.42 Å². The molecule has 0 aromatic heterocycles. The van der Waals surface area contributed by atoms with Crippen LogP contribution in [0.15, 0.2) is 29.2 Å². The minimum atomic E-state index is -3.43. The number of benzene rings is 1. The van der Waals surface area contributed by atoms with Crippen LogP contribution in [0.3, 0.4) is 0 Å². The number of diazo groups is 1. The summed E-state index contributed by atoms with van der Waals surface area (Å²) >= 11 is 0. The van der Waals surface area contributed by atoms with Gasteiger partial charge >= 0.3 is 5.69 Å². The molecule has 0 amide bonds. The second-order valence-corrected chi connectivity index (χ2v) is 5.11. The molecule has 0 heterocycles. The van der Waals surface area contributed by atoms with Gasteiger partial charge in [-0.2, -0.15) is 0 Å². The van der Waals surface area contributed by atoms with Crippen LogP contribution < -0.4 is 4.72 Å². The van der Waals surface area contributed by atoms with E-state index in [1.807, 2.05) is 6.92 Å². The predicted molar refractivity (Wildman–Crippen MR) is 61.3 cm³/mol. The molecule has 0 aliphatic rings. The highest BCUT2D eigenvalue weighted by atomic mass is 32.2. The summed E-state index contributed by atoms with van der Waals surface area (Å²) < 4.78 is 25.9. The number of hydrogen-bond donors (Lipinski definition) is 1. The number of nitrogens with one attached hydrogen (secondary N) is 1. The first-order chi connectivity index (χ1) is 7.60. The van der Waals surface area contributed by atoms with Crippen molar-refractivity contribution in [1.82, 2.24) is 4.72 Å². The zero-order chi connectivity index (χ0) is 12.0. The molecular weight excluding hydrogens is 226 g/mol. The van der Waals surface area contributed by atoms with Crippen molar-refractivity contribution in [2.45, 2.75) is 24.7 Å². The van der Waals surface area contributed by atoms with Gasteiger partial charge in [-0.05, 0) is 18.6 Å². The molecule has 0 aliphatic heterocycles. The number of sulfonamides is 1. The molecule has 16 heavy (non-hydrogen) atoms. The first-order valence-electron chi connectivity index (χ1n) is 5.05. The molecule has 0 aliphatic carbocycles. The van der Waals surface area contributed by atoms with E-state index in [2.05, 4.69) is 9.70 Å². The van der Waals surface area contributed by atoms with Crippen LogP contribution in [0.2, 0.25) is 0 Å². The monoisotopic (exact) mass is 240 g/mol. The minimum Gasteiger partial charge on any atom is -0.211 e. The molecule has 0 atom stereocenters. The molecule has 1 aromatic rings. The minimum absolute atomic E-state index is 0.177. The molecule has 1 N–H and O–H groups in total. The zero-order valence-corrected chi connectivity index (χ0v) is 9.87. The summed E-state index contributed by atoms with van der Waals surface area (Å²) in [5.41, 5.74) is 0.326. The van der Waals surface area contributed by atoms with Crippen LogP contribution in [-0.2, 0) is 10.0 Å². The van der Waals surface area contributed by atoms with Crippen LogP contribution in [-0.4, -0.2) is 15.0 Å². The molecule has 0 saturated carbocycles. The summed E-state index contributed by atoms with van der Waals surface area (Å²) in [6, 6.07) is 5.69. The summed E-state index contributed by atoms with van der Waals surface area (Å²) in [6.07, 6.45) is 1.74. The van der Waals surface area contributed by atoms with Gasteiger partial charge in [0.25, 0.3) is 0 Å². The lowest BCUT2D eigenvalue weighted by Crippen LogP contribution is -2.24. The average Bonchev–Trinajstić information content (AvgIpc) is 2.29. The Morgan fingerprint density at radius 2 is 1.94 bits per heavy atom. The van der Waals surface area contributed by atoms with Crippen molar-refractivity contribution in [3.8, 4) is 0 Å². The lowest BCUT2D eigenvalue weighted by atomic mass is 10.3. The smallest absolute Gasteiger partial charge is 0.211 e. The standard InChI is InChI=1S/C10H14N3O2S/c1-2-3-8-12-16(14,15)10-6-4-9(13-11)5-7-10/h4-7,12H,2-3,8H2,1H3/q+1. The van der Waals surface area contributed by atoms with Crippen LogP contribution in [0.25, 0.3) is 4.98 Å². The quantitative estimate of drug-likeness (QED) is 0.633. The molecular formula is C10H14N3O2S+. The second-order valence-electron chi connectivity index (χ2n) is 3.35. The van der Waals surface area contributed by atoms with E-state index in [1.165, 1.54) is 24.3 Å². The average molecular weight is 240 g/mol. The van der Waals surface area contributed by atoms with E-state index in [0.29, 0.717) is 12.2 Å². The van der Waals surface area contributed by atoms with E-state index in [9.17, 15) is 8.42 Å². The van der Waals surface area contributed by atoms with E-state index in [0.717, 1.165) is 12.8 Å². The van der Waals surface area contributed by atoms with E-state index in [1.54, 1.807) is 0 Å². The van der Waals surface area contributed by atoms with E-state index in [4.69, 9.17) is 5.39 Å². The Morgan fingerprint density at radius 1 is 1.31 bits per heavy atom. The molecule has 1 aromatic carbocycles. The summed E-state index contributed by atoms with van der Waals surface area (Å²) in [4.78, 5) is 3.13. The maximum atomic E-state index is 11.7. The Balaban J connectivity index is 2.79. The Bertz CT molecular complexity index is 474. The van der Waals surface area contributed by atoms with Gasteiger partial charge in [0.1, 0.15) is 0 Å². The first-order valence-corrected chi connectivity index (χ1v) is 6.53. The first kappa shape index (κ1) is 12.6. The van der Waals surface area contributed by atoms with E-state index < -0.39 is 10.0 Å². The van der Waals surface area contributed by atoms with Crippen molar-refractivity contribution in [2.75, 3.05) is 6.54 Å². The topological polar surface area (TPSA) is 74.3 Å². The van der Waals surface area contributed by atoms with Gasteiger partial charge in [0.05, 0.1) is 4.90 Å². The Kier molecular flexibility index (Phi) is 4.40. The van der Waals surface area contributed by atoms with Gasteiger partial charge in [-0.15, -0.1) is 0 Å². The molecule has 5 nitrogen and oxygen atoms in total. The fourth-order valence-electron chi connectivity index (χ4n) is 1.16. The highest BCUT2D eigenvalue weighted by Crippen LogP contribution is 2.15. The Hall–Kier alpha value is -1.45. The number of rotatable bonds is 5. The van der Waals surface area contributed by atoms with E-state index in [-0.39, 0.29) is 4.90 Å². The lowest BCUT2D eigenvalue weighted by molar-refractivity contribution is 0.578. The maximum Gasteiger partial charge on any atom is 0.385 e. The molecule has 1 rings (SSSR count). The lowest BCUT2D eigenvalue weighted by Gasteiger charge is -2.04. The third-order valence-corrected chi connectivity index (χ3v) is 3.56. The van der Waals surface area contributed by atoms with Gasteiger partial charge < -0.3 is 0 Å². The maximum absolute atomic E-state index is 11.7. The number of nitrogens with zero attached hydrogens (tertiary/aromatic N) is 2. The SMILES string of the molecule is CCCCNS(=O)(=O)c1ccc([N+]#N)cc1. The molecule has 0 unspecified atom stereocenters. The number of unbranched alkanes of at least 4 members (excludes halogenated alkanes) is 1. The van der Waals surface area contributed by atoms with Gasteiger partial charge in [0.2, 0.25) is 15.4 Å². The van der Waals surface area contributed by atoms with Gasteiger partial charge in [0.15, 0.2) is 4.98 Å². The number of hydrogen-bond acceptors (Lipinski definition) is 3. The second kappa shape index (κ2) is 5.58. The van der Waals surface area contributed by atoms with Crippen LogP contribution >= 0.6 is 0 Å². The molecule has 0 radical (unpaired) electrons. The summed E-state index contributed by atoms with van der Waals surface area (Å²) in [6.45, 7) is 2.43. The Morgan fingerprint density at radius 3 is 2.44 bits per heavy atom. The van der Waals surface area contributed by atoms with Crippen LogP contribution in [0, 0.1) is 5.39 Å². The van der Waals surface area contributed by atoms with Crippen molar-refractivity contribution in [3.63, 3.8) is 0 Å². The van der Waals surface area contributed by atoms with Crippen LogP contribution in [0.1, 0.15) is 19.8 Å². The van der Waals surface area contributed by atoms with Crippen molar-refractivity contribution in [2.24, 2.45) is 0 Å². The fraction of sp³-hybridized carbons (Fsp3) is 0.400. The fourth-order valence-corrected chi connectivity index (χ4v) is 2.23. The Labute approximate surface area is 95.2 Å². The third kappa shape index (κ3) is 3.29. The molecule has 0 spiro atoms. The van der Waals surface area contributed by atoms with Crippen LogP contribution in [0.4, 0.5) is 5.69 Å². The predicted octanol–water partition coefficient (Wildman–Crippen LogP) is 2.25. The summed E-state index contributed by atoms with van der Waals surface area (Å²) in [7, 11) is -3.43. The van der Waals surface area contributed by atoms with E-state index >= 15 is 0 Å². The van der Waals surface area contributed by atoms with Crippen LogP contribution in [0.5, 0.6) is 0 Å². The normalized spacial score (nSPS) is 11.0. The largest absolute Gasteiger partial charge is 0.385 e. The third-order valence-electron chi connectivity index (χ3n) is 2.08. The summed E-state index contributed by atoms with van der Waals surface area (Å²) in [5, 5.41) is 8.46. The molecule has 0 bridgehead atoms. The summed E-state index contributed by atoms with van der Waals surface area (Å²) in [5.74, 6) is 0. The van der Waals surface area contributed by atoms with Gasteiger partial charge in [-0.25, -0.2) is 13.1 Å². The van der Waals surface area contributed by atoms with Crippen molar-refractivity contribution >= 4 is 15.7 Å². The highest BCUT2D eigenvalue weighted by Gasteiger charge is 2.14. The molecule has 0 saturated heterocycles. The van der Waals surface area contributed by atoms with Gasteiger partial charge in [0, 0.05) is 18.7 Å².